The number of aromatic nitrogens is 2. The van der Waals surface area contributed by atoms with Gasteiger partial charge in [0.05, 0.1) is 25.3 Å². The molecule has 146 valence electrons. The van der Waals surface area contributed by atoms with E-state index in [0.717, 1.165) is 10.8 Å². The fourth-order valence-corrected chi connectivity index (χ4v) is 2.93. The van der Waals surface area contributed by atoms with Gasteiger partial charge in [-0.2, -0.15) is 4.98 Å². The molecule has 0 amide bonds. The molecule has 0 spiro atoms. The van der Waals surface area contributed by atoms with Crippen LogP contribution in [0.3, 0.4) is 0 Å². The van der Waals surface area contributed by atoms with Gasteiger partial charge in [0.2, 0.25) is 5.82 Å². The zero-order valence-corrected chi connectivity index (χ0v) is 15.9. The van der Waals surface area contributed by atoms with Crippen LogP contribution in [-0.2, 0) is 11.3 Å². The molecule has 4 aromatic rings. The highest BCUT2D eigenvalue weighted by atomic mass is 16.6. The highest BCUT2D eigenvalue weighted by Gasteiger charge is 2.16. The molecule has 1 aromatic heterocycles. The van der Waals surface area contributed by atoms with Crippen molar-refractivity contribution in [1.29, 1.82) is 0 Å². The van der Waals surface area contributed by atoms with Crippen molar-refractivity contribution in [2.45, 2.75) is 6.61 Å². The SMILES string of the molecule is COc1ccc(-c2noc(COC(=O)c3ccc4ccccc4c3)n2)c(OC)c1. The first-order chi connectivity index (χ1) is 14.2. The average Bonchev–Trinajstić information content (AvgIpc) is 3.25. The van der Waals surface area contributed by atoms with E-state index in [9.17, 15) is 4.79 Å². The third-order valence-corrected chi connectivity index (χ3v) is 4.43. The molecule has 0 aliphatic carbocycles. The molecule has 29 heavy (non-hydrogen) atoms. The van der Waals surface area contributed by atoms with Crippen molar-refractivity contribution >= 4 is 16.7 Å². The molecule has 7 nitrogen and oxygen atoms in total. The van der Waals surface area contributed by atoms with Gasteiger partial charge in [0.1, 0.15) is 11.5 Å². The molecule has 0 aliphatic heterocycles. The number of hydrogen-bond acceptors (Lipinski definition) is 7. The number of nitrogens with zero attached hydrogens (tertiary/aromatic N) is 2. The van der Waals surface area contributed by atoms with Gasteiger partial charge in [0.25, 0.3) is 5.89 Å². The van der Waals surface area contributed by atoms with Gasteiger partial charge < -0.3 is 18.7 Å². The summed E-state index contributed by atoms with van der Waals surface area (Å²) in [5.74, 6) is 1.26. The van der Waals surface area contributed by atoms with Gasteiger partial charge in [-0.1, -0.05) is 35.5 Å². The zero-order chi connectivity index (χ0) is 20.2. The van der Waals surface area contributed by atoms with Gasteiger partial charge in [-0.05, 0) is 35.0 Å². The maximum absolute atomic E-state index is 12.4. The van der Waals surface area contributed by atoms with Crippen LogP contribution in [0.2, 0.25) is 0 Å². The number of esters is 1. The van der Waals surface area contributed by atoms with E-state index in [4.69, 9.17) is 18.7 Å². The predicted molar refractivity (Wildman–Crippen MR) is 106 cm³/mol. The number of ether oxygens (including phenoxy) is 3. The van der Waals surface area contributed by atoms with Crippen molar-refractivity contribution in [2.24, 2.45) is 0 Å². The maximum Gasteiger partial charge on any atom is 0.338 e. The molecule has 0 radical (unpaired) electrons. The highest BCUT2D eigenvalue weighted by Crippen LogP contribution is 2.31. The molecular formula is C22H18N2O5. The van der Waals surface area contributed by atoms with E-state index in [0.29, 0.717) is 28.5 Å². The Hall–Kier alpha value is -3.87. The smallest absolute Gasteiger partial charge is 0.338 e. The van der Waals surface area contributed by atoms with E-state index in [1.165, 1.54) is 0 Å². The van der Waals surface area contributed by atoms with Crippen molar-refractivity contribution in [1.82, 2.24) is 10.1 Å². The second-order valence-corrected chi connectivity index (χ2v) is 6.22. The fourth-order valence-electron chi connectivity index (χ4n) is 2.93. The van der Waals surface area contributed by atoms with Gasteiger partial charge in [-0.25, -0.2) is 4.79 Å². The molecule has 7 heteroatoms. The molecular weight excluding hydrogens is 372 g/mol. The Labute approximate surface area is 166 Å². The molecule has 0 fully saturated rings. The Bertz CT molecular complexity index is 1170. The molecule has 0 aliphatic rings. The molecule has 0 saturated heterocycles. The molecule has 1 heterocycles. The summed E-state index contributed by atoms with van der Waals surface area (Å²) in [5, 5.41) is 5.96. The largest absolute Gasteiger partial charge is 0.497 e. The fraction of sp³-hybridized carbons (Fsp3) is 0.136. The number of carbonyl (C=O) groups excluding carboxylic acids is 1. The van der Waals surface area contributed by atoms with E-state index in [1.807, 2.05) is 30.3 Å². The van der Waals surface area contributed by atoms with Crippen LogP contribution in [0.15, 0.2) is 65.2 Å². The van der Waals surface area contributed by atoms with Crippen molar-refractivity contribution < 1.29 is 23.5 Å². The van der Waals surface area contributed by atoms with Crippen LogP contribution < -0.4 is 9.47 Å². The summed E-state index contributed by atoms with van der Waals surface area (Å²) in [6.07, 6.45) is 0. The van der Waals surface area contributed by atoms with Crippen LogP contribution in [-0.4, -0.2) is 30.3 Å². The van der Waals surface area contributed by atoms with Gasteiger partial charge in [0, 0.05) is 6.07 Å². The van der Waals surface area contributed by atoms with E-state index in [-0.39, 0.29) is 12.5 Å². The van der Waals surface area contributed by atoms with E-state index in [1.54, 1.807) is 44.6 Å². The highest BCUT2D eigenvalue weighted by molar-refractivity contribution is 5.95. The number of rotatable bonds is 6. The lowest BCUT2D eigenvalue weighted by molar-refractivity contribution is 0.0430. The van der Waals surface area contributed by atoms with Crippen LogP contribution >= 0.6 is 0 Å². The summed E-state index contributed by atoms with van der Waals surface area (Å²) >= 11 is 0. The molecule has 0 bridgehead atoms. The van der Waals surface area contributed by atoms with Crippen molar-refractivity contribution in [2.75, 3.05) is 14.2 Å². The van der Waals surface area contributed by atoms with Crippen LogP contribution in [0.25, 0.3) is 22.2 Å². The summed E-state index contributed by atoms with van der Waals surface area (Å²) in [6, 6.07) is 18.5. The van der Waals surface area contributed by atoms with Crippen molar-refractivity contribution in [3.63, 3.8) is 0 Å². The first kappa shape index (κ1) is 18.5. The van der Waals surface area contributed by atoms with E-state index in [2.05, 4.69) is 10.1 Å². The lowest BCUT2D eigenvalue weighted by Crippen LogP contribution is -2.05. The molecule has 0 unspecified atom stereocenters. The van der Waals surface area contributed by atoms with Gasteiger partial charge in [-0.3, -0.25) is 0 Å². The standard InChI is InChI=1S/C22H18N2O5/c1-26-17-9-10-18(19(12-17)27-2)21-23-20(29-24-21)13-28-22(25)16-8-7-14-5-3-4-6-15(14)11-16/h3-12H,13H2,1-2H3. The number of benzene rings is 3. The van der Waals surface area contributed by atoms with Crippen LogP contribution in [0.1, 0.15) is 16.2 Å². The molecule has 0 atom stereocenters. The zero-order valence-electron chi connectivity index (χ0n) is 15.9. The van der Waals surface area contributed by atoms with Crippen molar-refractivity contribution in [3.8, 4) is 22.9 Å². The Morgan fingerprint density at radius 2 is 1.79 bits per heavy atom. The first-order valence-corrected chi connectivity index (χ1v) is 8.89. The summed E-state index contributed by atoms with van der Waals surface area (Å²) in [4.78, 5) is 16.6. The van der Waals surface area contributed by atoms with Crippen LogP contribution in [0.4, 0.5) is 0 Å². The molecule has 0 saturated carbocycles. The van der Waals surface area contributed by atoms with E-state index >= 15 is 0 Å². The summed E-state index contributed by atoms with van der Waals surface area (Å²) in [7, 11) is 3.12. The number of fused-ring (bicyclic) bond motifs is 1. The molecule has 3 aromatic carbocycles. The minimum absolute atomic E-state index is 0.128. The average molecular weight is 390 g/mol. The normalized spacial score (nSPS) is 10.7. The summed E-state index contributed by atoms with van der Waals surface area (Å²) < 4.78 is 21.1. The quantitative estimate of drug-likeness (QED) is 0.455. The van der Waals surface area contributed by atoms with Crippen LogP contribution in [0, 0.1) is 0 Å². The predicted octanol–water partition coefficient (Wildman–Crippen LogP) is 4.26. The first-order valence-electron chi connectivity index (χ1n) is 8.89. The second kappa shape index (κ2) is 8.02. The van der Waals surface area contributed by atoms with Gasteiger partial charge in [0.15, 0.2) is 6.61 Å². The lowest BCUT2D eigenvalue weighted by Gasteiger charge is -2.07. The minimum atomic E-state index is -0.461. The maximum atomic E-state index is 12.4. The third-order valence-electron chi connectivity index (χ3n) is 4.43. The second-order valence-electron chi connectivity index (χ2n) is 6.22. The third kappa shape index (κ3) is 3.89. The molecule has 0 N–H and O–H groups in total. The van der Waals surface area contributed by atoms with Gasteiger partial charge >= 0.3 is 5.97 Å². The lowest BCUT2D eigenvalue weighted by atomic mass is 10.1. The number of carbonyl (C=O) groups is 1. The summed E-state index contributed by atoms with van der Waals surface area (Å²) in [5.41, 5.74) is 1.10. The minimum Gasteiger partial charge on any atom is -0.497 e. The Morgan fingerprint density at radius 3 is 2.59 bits per heavy atom. The Morgan fingerprint density at radius 1 is 0.966 bits per heavy atom. The Balaban J connectivity index is 1.47. The van der Waals surface area contributed by atoms with E-state index < -0.39 is 5.97 Å². The Kier molecular flexibility index (Phi) is 5.11. The van der Waals surface area contributed by atoms with Crippen molar-refractivity contribution in [3.05, 3.63) is 72.1 Å². The topological polar surface area (TPSA) is 83.7 Å². The number of methoxy groups -OCH3 is 2. The molecule has 4 rings (SSSR count). The monoisotopic (exact) mass is 390 g/mol. The van der Waals surface area contributed by atoms with Gasteiger partial charge in [-0.15, -0.1) is 0 Å². The summed E-state index contributed by atoms with van der Waals surface area (Å²) in [6.45, 7) is -0.128. The number of hydrogen-bond donors (Lipinski definition) is 0. The van der Waals surface area contributed by atoms with Crippen LogP contribution in [0.5, 0.6) is 11.5 Å².